The molecule has 30 heavy (non-hydrogen) atoms. The quantitative estimate of drug-likeness (QED) is 0.712. The van der Waals surface area contributed by atoms with Crippen molar-refractivity contribution in [2.24, 2.45) is 11.8 Å². The number of piperidine rings is 1. The van der Waals surface area contributed by atoms with Crippen LogP contribution in [0.5, 0.6) is 5.75 Å². The van der Waals surface area contributed by atoms with E-state index in [0.717, 1.165) is 31.2 Å². The van der Waals surface area contributed by atoms with Crippen LogP contribution < -0.4 is 10.1 Å². The minimum Gasteiger partial charge on any atom is -0.408 e. The third kappa shape index (κ3) is 4.78. The van der Waals surface area contributed by atoms with E-state index in [0.29, 0.717) is 45.6 Å². The molecule has 1 saturated heterocycles. The van der Waals surface area contributed by atoms with Gasteiger partial charge in [-0.15, -0.1) is 11.3 Å². The summed E-state index contributed by atoms with van der Waals surface area (Å²) in [5.74, 6) is 1.40. The summed E-state index contributed by atoms with van der Waals surface area (Å²) in [7, 11) is 0. The molecule has 0 radical (unpaired) electrons. The first kappa shape index (κ1) is 21.1. The highest BCUT2D eigenvalue weighted by Crippen LogP contribution is 2.39. The van der Waals surface area contributed by atoms with E-state index < -0.39 is 0 Å². The number of nitrogens with zero attached hydrogens (tertiary/aromatic N) is 2. The number of rotatable bonds is 5. The number of carbonyl (C=O) groups excluding carboxylic acids is 2. The second kappa shape index (κ2) is 8.94. The van der Waals surface area contributed by atoms with Gasteiger partial charge >= 0.3 is 6.09 Å². The number of likely N-dealkylation sites (tertiary alicyclic amines) is 1. The normalized spacial score (nSPS) is 18.2. The molecule has 160 valence electrons. The molecule has 1 unspecified atom stereocenters. The number of pyridine rings is 1. The molecule has 0 spiro atoms. The van der Waals surface area contributed by atoms with Crippen LogP contribution in [0.3, 0.4) is 0 Å². The number of ether oxygens (including phenoxy) is 1. The molecule has 2 amide bonds. The number of nitrogens with one attached hydrogen (secondary N) is 1. The van der Waals surface area contributed by atoms with E-state index >= 15 is 0 Å². The Morgan fingerprint density at radius 3 is 2.47 bits per heavy atom. The Labute approximate surface area is 185 Å². The Balaban J connectivity index is 1.34. The Hall–Kier alpha value is -2.12. The average molecular weight is 448 g/mol. The minimum absolute atomic E-state index is 0.0480. The van der Waals surface area contributed by atoms with Crippen molar-refractivity contribution < 1.29 is 14.3 Å². The van der Waals surface area contributed by atoms with Crippen molar-refractivity contribution in [3.05, 3.63) is 44.9 Å². The molecule has 3 heterocycles. The SMILES string of the molecule is Cc1ccnc(C)c1OC(=O)N1CCC(C(NC(=O)c2ccc(Cl)s2)C2CC2)CC1. The summed E-state index contributed by atoms with van der Waals surface area (Å²) >= 11 is 7.28. The molecule has 1 N–H and O–H groups in total. The Kier molecular flexibility index (Phi) is 6.29. The summed E-state index contributed by atoms with van der Waals surface area (Å²) in [6.45, 7) is 5.01. The maximum Gasteiger partial charge on any atom is 0.415 e. The maximum atomic E-state index is 12.7. The first-order valence-corrected chi connectivity index (χ1v) is 11.6. The fourth-order valence-corrected chi connectivity index (χ4v) is 5.11. The van der Waals surface area contributed by atoms with E-state index in [4.69, 9.17) is 16.3 Å². The molecule has 1 aliphatic carbocycles. The minimum atomic E-state index is -0.326. The lowest BCUT2D eigenvalue weighted by Gasteiger charge is -2.36. The van der Waals surface area contributed by atoms with Crippen LogP contribution in [-0.4, -0.2) is 41.0 Å². The number of amides is 2. The van der Waals surface area contributed by atoms with Crippen LogP contribution >= 0.6 is 22.9 Å². The summed E-state index contributed by atoms with van der Waals surface area (Å²) in [4.78, 5) is 31.9. The Bertz CT molecular complexity index is 915. The van der Waals surface area contributed by atoms with Crippen LogP contribution in [0.25, 0.3) is 0 Å². The van der Waals surface area contributed by atoms with Gasteiger partial charge in [0.15, 0.2) is 5.75 Å². The Morgan fingerprint density at radius 1 is 1.17 bits per heavy atom. The van der Waals surface area contributed by atoms with Crippen LogP contribution in [0.15, 0.2) is 24.4 Å². The lowest BCUT2D eigenvalue weighted by Crippen LogP contribution is -2.48. The van der Waals surface area contributed by atoms with Crippen molar-refractivity contribution in [3.8, 4) is 5.75 Å². The van der Waals surface area contributed by atoms with Crippen molar-refractivity contribution in [2.75, 3.05) is 13.1 Å². The summed E-state index contributed by atoms with van der Waals surface area (Å²) in [6.07, 6.45) is 5.40. The number of hydrogen-bond acceptors (Lipinski definition) is 5. The van der Waals surface area contributed by atoms with Crippen molar-refractivity contribution >= 4 is 34.9 Å². The fourth-order valence-electron chi connectivity index (χ4n) is 4.16. The smallest absolute Gasteiger partial charge is 0.408 e. The lowest BCUT2D eigenvalue weighted by molar-refractivity contribution is 0.0874. The molecule has 2 aromatic rings. The predicted molar refractivity (Wildman–Crippen MR) is 117 cm³/mol. The van der Waals surface area contributed by atoms with Crippen LogP contribution in [0.2, 0.25) is 4.34 Å². The van der Waals surface area contributed by atoms with Crippen molar-refractivity contribution in [1.29, 1.82) is 0 Å². The van der Waals surface area contributed by atoms with Crippen molar-refractivity contribution in [2.45, 2.75) is 45.6 Å². The van der Waals surface area contributed by atoms with E-state index in [2.05, 4.69) is 10.3 Å². The van der Waals surface area contributed by atoms with Gasteiger partial charge < -0.3 is 15.0 Å². The largest absolute Gasteiger partial charge is 0.415 e. The summed E-state index contributed by atoms with van der Waals surface area (Å²) in [5, 5.41) is 3.25. The molecule has 1 aliphatic heterocycles. The van der Waals surface area contributed by atoms with Gasteiger partial charge in [-0.2, -0.15) is 0 Å². The zero-order chi connectivity index (χ0) is 21.3. The van der Waals surface area contributed by atoms with Gasteiger partial charge in [-0.25, -0.2) is 4.79 Å². The van der Waals surface area contributed by atoms with E-state index in [-0.39, 0.29) is 18.0 Å². The van der Waals surface area contributed by atoms with E-state index in [1.165, 1.54) is 11.3 Å². The number of carbonyl (C=O) groups is 2. The van der Waals surface area contributed by atoms with E-state index in [1.54, 1.807) is 23.2 Å². The first-order valence-electron chi connectivity index (χ1n) is 10.4. The zero-order valence-corrected chi connectivity index (χ0v) is 18.8. The van der Waals surface area contributed by atoms with Gasteiger partial charge in [0.2, 0.25) is 0 Å². The van der Waals surface area contributed by atoms with E-state index in [9.17, 15) is 9.59 Å². The molecule has 1 saturated carbocycles. The standard InChI is InChI=1S/C22H26ClN3O3S/c1-13-7-10-24-14(2)20(13)29-22(28)26-11-8-16(9-12-26)19(15-3-4-15)25-21(27)17-5-6-18(23)30-17/h5-7,10,15-16,19H,3-4,8-9,11-12H2,1-2H3,(H,25,27). The maximum absolute atomic E-state index is 12.7. The third-order valence-corrected chi connectivity index (χ3v) is 7.23. The van der Waals surface area contributed by atoms with Crippen molar-refractivity contribution in [3.63, 3.8) is 0 Å². The van der Waals surface area contributed by atoms with Crippen LogP contribution in [0.1, 0.15) is 46.6 Å². The number of thiophene rings is 1. The molecule has 2 aliphatic rings. The van der Waals surface area contributed by atoms with Gasteiger partial charge in [0.25, 0.3) is 5.91 Å². The molecule has 2 fully saturated rings. The number of aromatic nitrogens is 1. The third-order valence-electron chi connectivity index (χ3n) is 6.00. The second-order valence-corrected chi connectivity index (χ2v) is 9.89. The highest BCUT2D eigenvalue weighted by atomic mass is 35.5. The van der Waals surface area contributed by atoms with Gasteiger partial charge in [0.1, 0.15) is 0 Å². The molecular weight excluding hydrogens is 422 g/mol. The van der Waals surface area contributed by atoms with Gasteiger partial charge in [-0.3, -0.25) is 9.78 Å². The van der Waals surface area contributed by atoms with Crippen LogP contribution in [-0.2, 0) is 0 Å². The molecular formula is C22H26ClN3O3S. The van der Waals surface area contributed by atoms with Crippen LogP contribution in [0.4, 0.5) is 4.79 Å². The molecule has 0 bridgehead atoms. The highest BCUT2D eigenvalue weighted by molar-refractivity contribution is 7.18. The summed E-state index contributed by atoms with van der Waals surface area (Å²) in [5.41, 5.74) is 1.61. The Morgan fingerprint density at radius 2 is 1.87 bits per heavy atom. The topological polar surface area (TPSA) is 71.5 Å². The monoisotopic (exact) mass is 447 g/mol. The van der Waals surface area contributed by atoms with Crippen LogP contribution in [0, 0.1) is 25.7 Å². The number of halogens is 1. The van der Waals surface area contributed by atoms with Gasteiger partial charge in [-0.1, -0.05) is 11.6 Å². The van der Waals surface area contributed by atoms with Crippen molar-refractivity contribution in [1.82, 2.24) is 15.2 Å². The second-order valence-electron chi connectivity index (χ2n) is 8.18. The fraction of sp³-hybridized carbons (Fsp3) is 0.500. The van der Waals surface area contributed by atoms with E-state index in [1.807, 2.05) is 19.9 Å². The zero-order valence-electron chi connectivity index (χ0n) is 17.2. The molecule has 0 aromatic carbocycles. The number of hydrogen-bond donors (Lipinski definition) is 1. The first-order chi connectivity index (χ1) is 14.4. The van der Waals surface area contributed by atoms with Gasteiger partial charge in [0, 0.05) is 25.3 Å². The lowest BCUT2D eigenvalue weighted by atomic mass is 9.86. The summed E-state index contributed by atoms with van der Waals surface area (Å²) in [6, 6.07) is 5.52. The molecule has 4 rings (SSSR count). The molecule has 8 heteroatoms. The average Bonchev–Trinajstić information content (AvgIpc) is 3.48. The molecule has 6 nitrogen and oxygen atoms in total. The predicted octanol–water partition coefficient (Wildman–Crippen LogP) is 4.83. The van der Waals surface area contributed by atoms with Gasteiger partial charge in [-0.05, 0) is 75.1 Å². The van der Waals surface area contributed by atoms with Gasteiger partial charge in [0.05, 0.1) is 14.9 Å². The molecule has 1 atom stereocenters. The summed E-state index contributed by atoms with van der Waals surface area (Å²) < 4.78 is 6.26. The highest BCUT2D eigenvalue weighted by Gasteiger charge is 2.39. The number of aryl methyl sites for hydroxylation is 2. The molecule has 2 aromatic heterocycles.